The van der Waals surface area contributed by atoms with Crippen LogP contribution in [-0.4, -0.2) is 41.4 Å². The van der Waals surface area contributed by atoms with Crippen molar-refractivity contribution in [1.29, 1.82) is 0 Å². The maximum absolute atomic E-state index is 13.2. The number of hydrogen-bond donors (Lipinski definition) is 0. The van der Waals surface area contributed by atoms with Gasteiger partial charge in [-0.15, -0.1) is 0 Å². The summed E-state index contributed by atoms with van der Waals surface area (Å²) < 4.78 is 45.1. The van der Waals surface area contributed by atoms with E-state index in [-0.39, 0.29) is 24.0 Å². The average Bonchev–Trinajstić information content (AvgIpc) is 2.87. The molecule has 2 heterocycles. The molecule has 2 aliphatic heterocycles. The van der Waals surface area contributed by atoms with Crippen molar-refractivity contribution in [3.05, 3.63) is 0 Å². The van der Waals surface area contributed by atoms with Crippen molar-refractivity contribution in [2.24, 2.45) is 10.5 Å². The number of hydrazone groups is 1. The summed E-state index contributed by atoms with van der Waals surface area (Å²) in [5, 5.41) is 6.23. The minimum atomic E-state index is -4.17. The summed E-state index contributed by atoms with van der Waals surface area (Å²) in [6.45, 7) is 1.37. The summed E-state index contributed by atoms with van der Waals surface area (Å²) in [5.74, 6) is 0.521. The smallest absolute Gasteiger partial charge is 0.376 e. The van der Waals surface area contributed by atoms with Gasteiger partial charge in [-0.2, -0.15) is 18.3 Å². The minimum Gasteiger partial charge on any atom is -0.376 e. The Morgan fingerprint density at radius 3 is 2.68 bits per heavy atom. The fourth-order valence-corrected chi connectivity index (χ4v) is 4.03. The van der Waals surface area contributed by atoms with Gasteiger partial charge in [0.15, 0.2) is 0 Å². The van der Waals surface area contributed by atoms with Crippen LogP contribution in [0.5, 0.6) is 0 Å². The van der Waals surface area contributed by atoms with E-state index in [0.29, 0.717) is 18.8 Å². The van der Waals surface area contributed by atoms with E-state index in [1.165, 1.54) is 11.8 Å². The van der Waals surface area contributed by atoms with E-state index in [2.05, 4.69) is 5.10 Å². The van der Waals surface area contributed by atoms with Crippen molar-refractivity contribution in [1.82, 2.24) is 5.01 Å². The second-order valence-corrected chi connectivity index (χ2v) is 6.37. The van der Waals surface area contributed by atoms with Gasteiger partial charge in [-0.05, 0) is 25.7 Å². The van der Waals surface area contributed by atoms with Crippen LogP contribution in [0.4, 0.5) is 13.2 Å². The van der Waals surface area contributed by atoms with Crippen LogP contribution in [0.2, 0.25) is 0 Å². The monoisotopic (exact) mass is 294 g/mol. The molecule has 108 valence electrons. The first-order valence-corrected chi connectivity index (χ1v) is 7.65. The van der Waals surface area contributed by atoms with Crippen LogP contribution in [0.25, 0.3) is 0 Å². The van der Waals surface area contributed by atoms with Gasteiger partial charge in [0.25, 0.3) is 0 Å². The second-order valence-electron chi connectivity index (χ2n) is 5.44. The first kappa shape index (κ1) is 13.5. The van der Waals surface area contributed by atoms with Gasteiger partial charge in [0.2, 0.25) is 0 Å². The van der Waals surface area contributed by atoms with Crippen LogP contribution < -0.4 is 0 Å². The lowest BCUT2D eigenvalue weighted by molar-refractivity contribution is -0.219. The molecule has 0 spiro atoms. The van der Waals surface area contributed by atoms with Crippen molar-refractivity contribution in [2.75, 3.05) is 19.0 Å². The molecule has 1 saturated heterocycles. The molecule has 0 aromatic rings. The molecule has 19 heavy (non-hydrogen) atoms. The predicted octanol–water partition coefficient (Wildman–Crippen LogP) is 3.22. The molecule has 1 aliphatic carbocycles. The Kier molecular flexibility index (Phi) is 3.45. The molecule has 0 aromatic carbocycles. The van der Waals surface area contributed by atoms with Gasteiger partial charge in [0, 0.05) is 6.61 Å². The summed E-state index contributed by atoms with van der Waals surface area (Å²) in [4.78, 5) is 0. The molecule has 3 rings (SSSR count). The Labute approximate surface area is 114 Å². The zero-order chi connectivity index (χ0) is 13.5. The second kappa shape index (κ2) is 4.84. The highest BCUT2D eigenvalue weighted by atomic mass is 32.2. The SMILES string of the molecule is FC(F)(F)C1(C2=NN(C[C@H]3CCCO3)CS2)CCC1. The summed E-state index contributed by atoms with van der Waals surface area (Å²) >= 11 is 1.24. The number of alkyl halides is 3. The molecule has 1 saturated carbocycles. The maximum Gasteiger partial charge on any atom is 0.400 e. The number of nitrogens with zero attached hydrogens (tertiary/aromatic N) is 2. The first-order valence-electron chi connectivity index (χ1n) is 6.66. The summed E-state index contributed by atoms with van der Waals surface area (Å²) in [6.07, 6.45) is -0.994. The molecule has 2 fully saturated rings. The van der Waals surface area contributed by atoms with Crippen LogP contribution in [-0.2, 0) is 4.74 Å². The molecule has 0 aromatic heterocycles. The number of ether oxygens (including phenoxy) is 1. The molecule has 0 unspecified atom stereocenters. The Morgan fingerprint density at radius 1 is 1.37 bits per heavy atom. The molecule has 0 N–H and O–H groups in total. The fourth-order valence-electron chi connectivity index (χ4n) is 2.82. The van der Waals surface area contributed by atoms with Gasteiger partial charge in [-0.25, -0.2) is 0 Å². The lowest BCUT2D eigenvalue weighted by atomic mass is 9.69. The number of rotatable bonds is 3. The Morgan fingerprint density at radius 2 is 2.16 bits per heavy atom. The fraction of sp³-hybridized carbons (Fsp3) is 0.917. The number of halogens is 3. The largest absolute Gasteiger partial charge is 0.400 e. The van der Waals surface area contributed by atoms with Crippen molar-refractivity contribution in [3.63, 3.8) is 0 Å². The zero-order valence-corrected chi connectivity index (χ0v) is 11.4. The molecular formula is C12H17F3N2OS. The van der Waals surface area contributed by atoms with Crippen LogP contribution >= 0.6 is 11.8 Å². The summed E-state index contributed by atoms with van der Waals surface area (Å²) in [7, 11) is 0. The van der Waals surface area contributed by atoms with E-state index in [1.807, 2.05) is 0 Å². The van der Waals surface area contributed by atoms with Crippen LogP contribution in [0.3, 0.4) is 0 Å². The van der Waals surface area contributed by atoms with Crippen LogP contribution in [0.15, 0.2) is 5.10 Å². The van der Waals surface area contributed by atoms with Crippen molar-refractivity contribution in [2.45, 2.75) is 44.4 Å². The average molecular weight is 294 g/mol. The lowest BCUT2D eigenvalue weighted by Gasteiger charge is -2.42. The third-order valence-corrected chi connectivity index (χ3v) is 5.35. The third-order valence-electron chi connectivity index (χ3n) is 4.18. The lowest BCUT2D eigenvalue weighted by Crippen LogP contribution is -2.48. The van der Waals surface area contributed by atoms with E-state index in [9.17, 15) is 13.2 Å². The first-order chi connectivity index (χ1) is 9.01. The van der Waals surface area contributed by atoms with Crippen molar-refractivity contribution < 1.29 is 17.9 Å². The van der Waals surface area contributed by atoms with Gasteiger partial charge >= 0.3 is 6.18 Å². The molecule has 0 bridgehead atoms. The summed E-state index contributed by atoms with van der Waals surface area (Å²) in [5.41, 5.74) is -1.65. The van der Waals surface area contributed by atoms with Crippen molar-refractivity contribution in [3.8, 4) is 0 Å². The number of hydrogen-bond acceptors (Lipinski definition) is 4. The van der Waals surface area contributed by atoms with E-state index < -0.39 is 11.6 Å². The van der Waals surface area contributed by atoms with Gasteiger partial charge in [-0.3, -0.25) is 5.01 Å². The van der Waals surface area contributed by atoms with E-state index in [4.69, 9.17) is 4.74 Å². The van der Waals surface area contributed by atoms with E-state index in [1.54, 1.807) is 5.01 Å². The molecule has 3 aliphatic rings. The van der Waals surface area contributed by atoms with Crippen LogP contribution in [0.1, 0.15) is 32.1 Å². The topological polar surface area (TPSA) is 24.8 Å². The Balaban J connectivity index is 1.68. The van der Waals surface area contributed by atoms with Gasteiger partial charge < -0.3 is 4.74 Å². The predicted molar refractivity (Wildman–Crippen MR) is 67.9 cm³/mol. The van der Waals surface area contributed by atoms with E-state index in [0.717, 1.165) is 19.4 Å². The summed E-state index contributed by atoms with van der Waals surface area (Å²) in [6, 6.07) is 0. The standard InChI is InChI=1S/C12H17F3N2OS/c13-12(14,15)11(4-2-5-11)10-16-17(8-19-10)7-9-3-1-6-18-9/h9H,1-8H2/t9-/m1/s1. The molecule has 0 radical (unpaired) electrons. The highest BCUT2D eigenvalue weighted by molar-refractivity contribution is 8.14. The van der Waals surface area contributed by atoms with Gasteiger partial charge in [0.05, 0.1) is 18.5 Å². The van der Waals surface area contributed by atoms with E-state index >= 15 is 0 Å². The maximum atomic E-state index is 13.2. The van der Waals surface area contributed by atoms with Gasteiger partial charge in [0.1, 0.15) is 10.5 Å². The number of thioether (sulfide) groups is 1. The molecular weight excluding hydrogens is 277 g/mol. The molecule has 3 nitrogen and oxygen atoms in total. The Hall–Kier alpha value is -0.430. The molecule has 7 heteroatoms. The quantitative estimate of drug-likeness (QED) is 0.799. The van der Waals surface area contributed by atoms with Gasteiger partial charge in [-0.1, -0.05) is 18.2 Å². The van der Waals surface area contributed by atoms with Crippen LogP contribution in [0, 0.1) is 5.41 Å². The minimum absolute atomic E-state index is 0.131. The molecule has 1 atom stereocenters. The molecule has 0 amide bonds. The highest BCUT2D eigenvalue weighted by Gasteiger charge is 2.62. The van der Waals surface area contributed by atoms with Crippen molar-refractivity contribution >= 4 is 16.8 Å². The Bertz CT molecular complexity index is 376. The highest BCUT2D eigenvalue weighted by Crippen LogP contribution is 2.56. The zero-order valence-electron chi connectivity index (χ0n) is 10.6. The third kappa shape index (κ3) is 2.35. The normalized spacial score (nSPS) is 30.4.